The minimum absolute atomic E-state index is 0.111. The lowest BCUT2D eigenvalue weighted by molar-refractivity contribution is -0.132. The molecule has 0 atom stereocenters. The Balaban J connectivity index is 1.30. The number of piperidine rings is 1. The van der Waals surface area contributed by atoms with Crippen LogP contribution >= 0.6 is 0 Å². The average molecular weight is 355 g/mol. The summed E-state index contributed by atoms with van der Waals surface area (Å²) < 4.78 is 1.67. The number of carbonyl (C=O) groups excluding carboxylic acids is 1. The molecule has 0 unspecified atom stereocenters. The van der Waals surface area contributed by atoms with E-state index in [2.05, 4.69) is 37.2 Å². The minimum Gasteiger partial charge on any atom is -0.355 e. The van der Waals surface area contributed by atoms with Crippen molar-refractivity contribution in [2.24, 2.45) is 0 Å². The van der Waals surface area contributed by atoms with Crippen molar-refractivity contribution in [2.75, 3.05) is 49.1 Å². The van der Waals surface area contributed by atoms with Crippen molar-refractivity contribution < 1.29 is 4.79 Å². The molecule has 0 N–H and O–H groups in total. The lowest BCUT2D eigenvalue weighted by Gasteiger charge is -2.35. The van der Waals surface area contributed by atoms with E-state index < -0.39 is 0 Å². The van der Waals surface area contributed by atoms with Crippen LogP contribution in [0.2, 0.25) is 0 Å². The van der Waals surface area contributed by atoms with Crippen LogP contribution in [-0.4, -0.2) is 70.1 Å². The van der Waals surface area contributed by atoms with E-state index in [1.165, 1.54) is 19.3 Å². The lowest BCUT2D eigenvalue weighted by atomic mass is 10.1. The summed E-state index contributed by atoms with van der Waals surface area (Å²) in [6.45, 7) is 5.42. The molecule has 8 nitrogen and oxygen atoms in total. The van der Waals surface area contributed by atoms with Gasteiger partial charge in [-0.05, 0) is 37.5 Å². The molecular weight excluding hydrogens is 330 g/mol. The Hall–Kier alpha value is -2.64. The molecule has 2 fully saturated rings. The highest BCUT2D eigenvalue weighted by atomic mass is 16.2. The molecule has 0 aromatic carbocycles. The van der Waals surface area contributed by atoms with Gasteiger partial charge in [0.05, 0.1) is 0 Å². The van der Waals surface area contributed by atoms with Crippen LogP contribution in [0.15, 0.2) is 30.6 Å². The largest absolute Gasteiger partial charge is 0.355 e. The molecule has 2 aliphatic heterocycles. The average Bonchev–Trinajstić information content (AvgIpc) is 3.22. The standard InChI is InChI=1S/C18H25N7O/c26-18(15-25-10-4-7-19-25)24-13-11-23(12-14-24)17-6-5-16(20-21-17)22-8-2-1-3-9-22/h4-7,10H,1-3,8-9,11-15H2. The Labute approximate surface area is 153 Å². The third-order valence-electron chi connectivity index (χ3n) is 5.13. The highest BCUT2D eigenvalue weighted by molar-refractivity contribution is 5.76. The summed E-state index contributed by atoms with van der Waals surface area (Å²) in [4.78, 5) is 18.7. The molecule has 1 amide bonds. The van der Waals surface area contributed by atoms with Gasteiger partial charge in [-0.3, -0.25) is 9.48 Å². The molecule has 0 radical (unpaired) electrons. The van der Waals surface area contributed by atoms with Crippen molar-refractivity contribution >= 4 is 17.5 Å². The molecule has 0 aliphatic carbocycles. The number of nitrogens with zero attached hydrogens (tertiary/aromatic N) is 7. The van der Waals surface area contributed by atoms with Crippen LogP contribution in [0.1, 0.15) is 19.3 Å². The zero-order valence-electron chi connectivity index (χ0n) is 15.0. The molecule has 8 heteroatoms. The Morgan fingerprint density at radius 2 is 1.54 bits per heavy atom. The van der Waals surface area contributed by atoms with Gasteiger partial charge in [0.25, 0.3) is 0 Å². The lowest BCUT2D eigenvalue weighted by Crippen LogP contribution is -2.50. The Kier molecular flexibility index (Phi) is 4.99. The van der Waals surface area contributed by atoms with Crippen molar-refractivity contribution in [3.05, 3.63) is 30.6 Å². The summed E-state index contributed by atoms with van der Waals surface area (Å²) in [6, 6.07) is 5.96. The van der Waals surface area contributed by atoms with Gasteiger partial charge in [0, 0.05) is 51.7 Å². The molecule has 4 heterocycles. The molecule has 2 saturated heterocycles. The third-order valence-corrected chi connectivity index (χ3v) is 5.13. The second-order valence-electron chi connectivity index (χ2n) is 6.87. The first-order chi connectivity index (χ1) is 12.8. The van der Waals surface area contributed by atoms with Gasteiger partial charge < -0.3 is 14.7 Å². The van der Waals surface area contributed by atoms with Crippen molar-refractivity contribution in [3.8, 4) is 0 Å². The van der Waals surface area contributed by atoms with Gasteiger partial charge in [-0.2, -0.15) is 5.10 Å². The van der Waals surface area contributed by atoms with Crippen LogP contribution < -0.4 is 9.80 Å². The number of hydrogen-bond donors (Lipinski definition) is 0. The molecule has 0 spiro atoms. The van der Waals surface area contributed by atoms with Gasteiger partial charge >= 0.3 is 0 Å². The fourth-order valence-electron chi connectivity index (χ4n) is 3.60. The number of carbonyl (C=O) groups is 1. The van der Waals surface area contributed by atoms with E-state index in [0.717, 1.165) is 37.8 Å². The molecule has 4 rings (SSSR count). The van der Waals surface area contributed by atoms with Gasteiger partial charge in [0.1, 0.15) is 6.54 Å². The van der Waals surface area contributed by atoms with E-state index in [-0.39, 0.29) is 5.91 Å². The predicted molar refractivity (Wildman–Crippen MR) is 99.1 cm³/mol. The summed E-state index contributed by atoms with van der Waals surface area (Å²) >= 11 is 0. The second kappa shape index (κ2) is 7.72. The Bertz CT molecular complexity index is 702. The van der Waals surface area contributed by atoms with Crippen molar-refractivity contribution in [1.29, 1.82) is 0 Å². The number of hydrogen-bond acceptors (Lipinski definition) is 6. The zero-order chi connectivity index (χ0) is 17.8. The number of rotatable bonds is 4. The monoisotopic (exact) mass is 355 g/mol. The summed E-state index contributed by atoms with van der Waals surface area (Å²) in [5.74, 6) is 1.98. The first-order valence-electron chi connectivity index (χ1n) is 9.38. The molecule has 0 bridgehead atoms. The van der Waals surface area contributed by atoms with Crippen LogP contribution in [0.4, 0.5) is 11.6 Å². The van der Waals surface area contributed by atoms with Gasteiger partial charge in [-0.25, -0.2) is 0 Å². The fourth-order valence-corrected chi connectivity index (χ4v) is 3.60. The quantitative estimate of drug-likeness (QED) is 0.815. The van der Waals surface area contributed by atoms with Crippen molar-refractivity contribution in [2.45, 2.75) is 25.8 Å². The van der Waals surface area contributed by atoms with Crippen LogP contribution in [0.25, 0.3) is 0 Å². The smallest absolute Gasteiger partial charge is 0.244 e. The first-order valence-corrected chi connectivity index (χ1v) is 9.38. The summed E-state index contributed by atoms with van der Waals surface area (Å²) in [5.41, 5.74) is 0. The number of piperazine rings is 1. The molecule has 2 aromatic rings. The summed E-state index contributed by atoms with van der Waals surface area (Å²) in [5, 5.41) is 12.9. The maximum atomic E-state index is 12.3. The third kappa shape index (κ3) is 3.79. The first kappa shape index (κ1) is 16.8. The van der Waals surface area contributed by atoms with E-state index in [0.29, 0.717) is 19.6 Å². The van der Waals surface area contributed by atoms with Crippen molar-refractivity contribution in [1.82, 2.24) is 24.9 Å². The van der Waals surface area contributed by atoms with Gasteiger partial charge in [0.15, 0.2) is 11.6 Å². The molecular formula is C18H25N7O. The molecule has 2 aromatic heterocycles. The second-order valence-corrected chi connectivity index (χ2v) is 6.87. The van der Waals surface area contributed by atoms with Gasteiger partial charge in [-0.15, -0.1) is 10.2 Å². The van der Waals surface area contributed by atoms with Crippen molar-refractivity contribution in [3.63, 3.8) is 0 Å². The number of aromatic nitrogens is 4. The van der Waals surface area contributed by atoms with E-state index in [1.807, 2.05) is 17.2 Å². The Morgan fingerprint density at radius 3 is 2.12 bits per heavy atom. The topological polar surface area (TPSA) is 70.4 Å². The predicted octanol–water partition coefficient (Wildman–Crippen LogP) is 1.01. The van der Waals surface area contributed by atoms with Crippen LogP contribution in [0, 0.1) is 0 Å². The van der Waals surface area contributed by atoms with Crippen LogP contribution in [0.3, 0.4) is 0 Å². The van der Waals surface area contributed by atoms with Gasteiger partial charge in [0.2, 0.25) is 5.91 Å². The highest BCUT2D eigenvalue weighted by Crippen LogP contribution is 2.19. The van der Waals surface area contributed by atoms with E-state index in [9.17, 15) is 4.79 Å². The minimum atomic E-state index is 0.111. The van der Waals surface area contributed by atoms with Crippen LogP contribution in [0.5, 0.6) is 0 Å². The van der Waals surface area contributed by atoms with E-state index in [4.69, 9.17) is 0 Å². The van der Waals surface area contributed by atoms with E-state index >= 15 is 0 Å². The highest BCUT2D eigenvalue weighted by Gasteiger charge is 2.22. The number of anilines is 2. The molecule has 138 valence electrons. The molecule has 26 heavy (non-hydrogen) atoms. The molecule has 0 saturated carbocycles. The molecule has 2 aliphatic rings. The fraction of sp³-hybridized carbons (Fsp3) is 0.556. The van der Waals surface area contributed by atoms with Crippen LogP contribution in [-0.2, 0) is 11.3 Å². The van der Waals surface area contributed by atoms with Gasteiger partial charge in [-0.1, -0.05) is 0 Å². The maximum absolute atomic E-state index is 12.3. The summed E-state index contributed by atoms with van der Waals surface area (Å²) in [7, 11) is 0. The Morgan fingerprint density at radius 1 is 0.885 bits per heavy atom. The van der Waals surface area contributed by atoms with E-state index in [1.54, 1.807) is 10.9 Å². The zero-order valence-corrected chi connectivity index (χ0v) is 15.0. The normalized spacial score (nSPS) is 18.2. The SMILES string of the molecule is O=C(Cn1cccn1)N1CCN(c2ccc(N3CCCCC3)nn2)CC1. The summed E-state index contributed by atoms with van der Waals surface area (Å²) in [6.07, 6.45) is 7.28. The number of amides is 1. The maximum Gasteiger partial charge on any atom is 0.244 e.